The molecule has 0 heterocycles. The first-order valence-corrected chi connectivity index (χ1v) is 7.92. The zero-order valence-electron chi connectivity index (χ0n) is 11.8. The number of hydrogen-bond donors (Lipinski definition) is 2. The number of sulfonamides is 1. The summed E-state index contributed by atoms with van der Waals surface area (Å²) in [6.07, 6.45) is 1.52. The fourth-order valence-electron chi connectivity index (χ4n) is 1.93. The highest BCUT2D eigenvalue weighted by Crippen LogP contribution is 2.22. The van der Waals surface area contributed by atoms with Gasteiger partial charge in [0.15, 0.2) is 11.6 Å². The normalized spacial score (nSPS) is 15.1. The van der Waals surface area contributed by atoms with Crippen molar-refractivity contribution in [2.45, 2.75) is 44.6 Å². The Kier molecular flexibility index (Phi) is 5.47. The molecule has 2 atom stereocenters. The average molecular weight is 306 g/mol. The van der Waals surface area contributed by atoms with E-state index in [0.29, 0.717) is 12.3 Å². The van der Waals surface area contributed by atoms with Crippen LogP contribution in [0.5, 0.6) is 0 Å². The van der Waals surface area contributed by atoms with Crippen molar-refractivity contribution in [3.63, 3.8) is 0 Å². The second-order valence-electron chi connectivity index (χ2n) is 5.09. The number of nitrogens with one attached hydrogen (secondary N) is 1. The summed E-state index contributed by atoms with van der Waals surface area (Å²) < 4.78 is 53.3. The van der Waals surface area contributed by atoms with Crippen molar-refractivity contribution in [2.24, 2.45) is 5.92 Å². The molecule has 3 N–H and O–H groups in total. The van der Waals surface area contributed by atoms with E-state index in [0.717, 1.165) is 18.6 Å². The van der Waals surface area contributed by atoms with Crippen LogP contribution in [0.15, 0.2) is 17.0 Å². The number of anilines is 1. The molecule has 0 saturated heterocycles. The molecule has 0 aliphatic carbocycles. The van der Waals surface area contributed by atoms with Gasteiger partial charge in [0.2, 0.25) is 10.0 Å². The second-order valence-corrected chi connectivity index (χ2v) is 6.77. The van der Waals surface area contributed by atoms with Crippen molar-refractivity contribution in [2.75, 3.05) is 5.73 Å². The van der Waals surface area contributed by atoms with Crippen LogP contribution < -0.4 is 10.5 Å². The van der Waals surface area contributed by atoms with E-state index in [1.165, 1.54) is 0 Å². The topological polar surface area (TPSA) is 72.2 Å². The Labute approximate surface area is 118 Å². The third kappa shape index (κ3) is 4.14. The van der Waals surface area contributed by atoms with E-state index in [2.05, 4.69) is 4.72 Å². The van der Waals surface area contributed by atoms with Crippen LogP contribution in [0.25, 0.3) is 0 Å². The van der Waals surface area contributed by atoms with E-state index < -0.39 is 26.6 Å². The summed E-state index contributed by atoms with van der Waals surface area (Å²) in [6, 6.07) is 1.28. The molecule has 0 spiro atoms. The predicted molar refractivity (Wildman–Crippen MR) is 74.6 cm³/mol. The molecule has 0 saturated carbocycles. The summed E-state index contributed by atoms with van der Waals surface area (Å²) in [5, 5.41) is 0. The number of rotatable bonds is 6. The van der Waals surface area contributed by atoms with E-state index in [1.54, 1.807) is 6.92 Å². The average Bonchev–Trinajstić information content (AvgIpc) is 2.32. The molecule has 0 fully saturated rings. The zero-order chi connectivity index (χ0) is 15.5. The van der Waals surface area contributed by atoms with Crippen LogP contribution in [0.2, 0.25) is 0 Å². The zero-order valence-corrected chi connectivity index (χ0v) is 12.6. The Hall–Kier alpha value is -1.21. The maximum atomic E-state index is 13.6. The molecule has 0 bridgehead atoms. The number of halogens is 2. The molecule has 0 aliphatic rings. The standard InChI is InChI=1S/C13H20F2N2O2S/c1-4-8(2)5-9(3)17-20(18,19)12-7-10(16)6-11(14)13(12)15/h6-9,17H,4-5,16H2,1-3H3. The van der Waals surface area contributed by atoms with Gasteiger partial charge >= 0.3 is 0 Å². The molecule has 1 rings (SSSR count). The second kappa shape index (κ2) is 6.49. The van der Waals surface area contributed by atoms with E-state index >= 15 is 0 Å². The number of hydrogen-bond acceptors (Lipinski definition) is 3. The van der Waals surface area contributed by atoms with Gasteiger partial charge < -0.3 is 5.73 Å². The molecule has 0 amide bonds. The van der Waals surface area contributed by atoms with Gasteiger partial charge in [-0.15, -0.1) is 0 Å². The van der Waals surface area contributed by atoms with Crippen LogP contribution >= 0.6 is 0 Å². The molecule has 114 valence electrons. The Morgan fingerprint density at radius 1 is 1.30 bits per heavy atom. The van der Waals surface area contributed by atoms with Gasteiger partial charge in [0.1, 0.15) is 4.90 Å². The SMILES string of the molecule is CCC(C)CC(C)NS(=O)(=O)c1cc(N)cc(F)c1F. The van der Waals surface area contributed by atoms with Crippen molar-refractivity contribution < 1.29 is 17.2 Å². The molecular weight excluding hydrogens is 286 g/mol. The largest absolute Gasteiger partial charge is 0.399 e. The lowest BCUT2D eigenvalue weighted by molar-refractivity contribution is 0.442. The first kappa shape index (κ1) is 16.8. The van der Waals surface area contributed by atoms with Crippen LogP contribution in [0, 0.1) is 17.6 Å². The molecule has 7 heteroatoms. The lowest BCUT2D eigenvalue weighted by Crippen LogP contribution is -2.34. The monoisotopic (exact) mass is 306 g/mol. The number of benzene rings is 1. The maximum absolute atomic E-state index is 13.6. The van der Waals surface area contributed by atoms with Crippen LogP contribution in [0.3, 0.4) is 0 Å². The quantitative estimate of drug-likeness (QED) is 0.794. The lowest BCUT2D eigenvalue weighted by atomic mass is 10.0. The Balaban J connectivity index is 3.00. The number of nitrogen functional groups attached to an aromatic ring is 1. The Bertz CT molecular complexity index is 576. The van der Waals surface area contributed by atoms with Gasteiger partial charge in [-0.2, -0.15) is 0 Å². The third-order valence-electron chi connectivity index (χ3n) is 3.12. The summed E-state index contributed by atoms with van der Waals surface area (Å²) in [5.41, 5.74) is 5.22. The fourth-order valence-corrected chi connectivity index (χ4v) is 3.30. The van der Waals surface area contributed by atoms with Gasteiger partial charge in [0, 0.05) is 11.7 Å². The van der Waals surface area contributed by atoms with Gasteiger partial charge in [0.25, 0.3) is 0 Å². The maximum Gasteiger partial charge on any atom is 0.243 e. The van der Waals surface area contributed by atoms with Gasteiger partial charge in [-0.1, -0.05) is 20.3 Å². The lowest BCUT2D eigenvalue weighted by Gasteiger charge is -2.18. The number of nitrogens with two attached hydrogens (primary N) is 1. The van der Waals surface area contributed by atoms with Gasteiger partial charge in [0.05, 0.1) is 0 Å². The third-order valence-corrected chi connectivity index (χ3v) is 4.70. The highest BCUT2D eigenvalue weighted by Gasteiger charge is 2.24. The van der Waals surface area contributed by atoms with Crippen molar-refractivity contribution in [1.29, 1.82) is 0 Å². The highest BCUT2D eigenvalue weighted by molar-refractivity contribution is 7.89. The molecular formula is C13H20F2N2O2S. The minimum absolute atomic E-state index is 0.140. The van der Waals surface area contributed by atoms with Crippen molar-refractivity contribution in [1.82, 2.24) is 4.72 Å². The smallest absolute Gasteiger partial charge is 0.243 e. The minimum Gasteiger partial charge on any atom is -0.399 e. The van der Waals surface area contributed by atoms with Crippen LogP contribution in [-0.4, -0.2) is 14.5 Å². The summed E-state index contributed by atoms with van der Waals surface area (Å²) in [4.78, 5) is -0.758. The summed E-state index contributed by atoms with van der Waals surface area (Å²) in [7, 11) is -4.13. The molecule has 0 radical (unpaired) electrons. The summed E-state index contributed by atoms with van der Waals surface area (Å²) in [6.45, 7) is 5.68. The van der Waals surface area contributed by atoms with E-state index in [4.69, 9.17) is 5.73 Å². The Morgan fingerprint density at radius 3 is 2.45 bits per heavy atom. The van der Waals surface area contributed by atoms with Crippen LogP contribution in [0.4, 0.5) is 14.5 Å². The predicted octanol–water partition coefficient (Wildman–Crippen LogP) is 2.65. The fraction of sp³-hybridized carbons (Fsp3) is 0.538. The molecule has 20 heavy (non-hydrogen) atoms. The molecule has 2 unspecified atom stereocenters. The van der Waals surface area contributed by atoms with Gasteiger partial charge in [-0.25, -0.2) is 21.9 Å². The summed E-state index contributed by atoms with van der Waals surface area (Å²) >= 11 is 0. The molecule has 0 aliphatic heterocycles. The highest BCUT2D eigenvalue weighted by atomic mass is 32.2. The van der Waals surface area contributed by atoms with Crippen molar-refractivity contribution in [3.05, 3.63) is 23.8 Å². The first-order valence-electron chi connectivity index (χ1n) is 6.44. The molecule has 1 aromatic rings. The van der Waals surface area contributed by atoms with Gasteiger partial charge in [-0.05, 0) is 31.4 Å². The van der Waals surface area contributed by atoms with Crippen LogP contribution in [-0.2, 0) is 10.0 Å². The first-order chi connectivity index (χ1) is 9.17. The van der Waals surface area contributed by atoms with E-state index in [1.807, 2.05) is 13.8 Å². The van der Waals surface area contributed by atoms with Crippen molar-refractivity contribution >= 4 is 15.7 Å². The molecule has 1 aromatic carbocycles. The van der Waals surface area contributed by atoms with Gasteiger partial charge in [-0.3, -0.25) is 0 Å². The summed E-state index contributed by atoms with van der Waals surface area (Å²) in [5.74, 6) is -2.36. The van der Waals surface area contributed by atoms with E-state index in [9.17, 15) is 17.2 Å². The minimum atomic E-state index is -4.13. The van der Waals surface area contributed by atoms with Crippen LogP contribution in [0.1, 0.15) is 33.6 Å². The van der Waals surface area contributed by atoms with E-state index in [-0.39, 0.29) is 11.7 Å². The Morgan fingerprint density at radius 2 is 1.90 bits per heavy atom. The van der Waals surface area contributed by atoms with Crippen molar-refractivity contribution in [3.8, 4) is 0 Å². The molecule has 4 nitrogen and oxygen atoms in total. The molecule has 0 aromatic heterocycles.